The van der Waals surface area contributed by atoms with Gasteiger partial charge in [-0.3, -0.25) is 14.3 Å². The average Bonchev–Trinajstić information content (AvgIpc) is 3.43. The number of amides is 1. The molecule has 9 nitrogen and oxygen atoms in total. The SMILES string of the molecule is CC#Cc1ccc(C(=O)NC2CCC(C(=O)O)CC2)c2c1cnn2C(C)c1ccc(-c2ccnc(OC)n2)cc1. The molecule has 1 aliphatic rings. The zero-order valence-corrected chi connectivity index (χ0v) is 22.7. The third kappa shape index (κ3) is 5.38. The fourth-order valence-corrected chi connectivity index (χ4v) is 5.31. The summed E-state index contributed by atoms with van der Waals surface area (Å²) in [6.07, 6.45) is 5.84. The molecular formula is C31H31N5O4. The molecule has 0 bridgehead atoms. The molecule has 2 aromatic carbocycles. The molecule has 4 aromatic rings. The van der Waals surface area contributed by atoms with E-state index in [1.54, 1.807) is 25.4 Å². The summed E-state index contributed by atoms with van der Waals surface area (Å²) in [4.78, 5) is 33.3. The lowest BCUT2D eigenvalue weighted by atomic mass is 9.86. The van der Waals surface area contributed by atoms with Gasteiger partial charge in [0.25, 0.3) is 5.91 Å². The summed E-state index contributed by atoms with van der Waals surface area (Å²) in [5.74, 6) is 4.79. The number of carboxylic acid groups (broad SMARTS) is 1. The third-order valence-electron chi connectivity index (χ3n) is 7.55. The van der Waals surface area contributed by atoms with Crippen LogP contribution in [0.4, 0.5) is 0 Å². The number of fused-ring (bicyclic) bond motifs is 1. The number of aromatic nitrogens is 4. The van der Waals surface area contributed by atoms with Gasteiger partial charge in [-0.2, -0.15) is 10.1 Å². The van der Waals surface area contributed by atoms with Crippen LogP contribution in [-0.4, -0.2) is 49.9 Å². The number of ether oxygens (including phenoxy) is 1. The lowest BCUT2D eigenvalue weighted by Crippen LogP contribution is -2.39. The maximum absolute atomic E-state index is 13.5. The van der Waals surface area contributed by atoms with Gasteiger partial charge in [0.1, 0.15) is 0 Å². The minimum absolute atomic E-state index is 0.0602. The second kappa shape index (κ2) is 11.6. The van der Waals surface area contributed by atoms with Gasteiger partial charge in [0.2, 0.25) is 0 Å². The van der Waals surface area contributed by atoms with E-state index in [4.69, 9.17) is 9.84 Å². The number of methoxy groups -OCH3 is 1. The Hall–Kier alpha value is -4.71. The van der Waals surface area contributed by atoms with E-state index in [1.807, 2.05) is 48.0 Å². The molecule has 5 rings (SSSR count). The van der Waals surface area contributed by atoms with Crippen molar-refractivity contribution in [2.24, 2.45) is 5.92 Å². The van der Waals surface area contributed by atoms with E-state index < -0.39 is 5.97 Å². The Kier molecular flexibility index (Phi) is 7.78. The first kappa shape index (κ1) is 26.9. The number of rotatable bonds is 7. The summed E-state index contributed by atoms with van der Waals surface area (Å²) in [7, 11) is 1.54. The van der Waals surface area contributed by atoms with Crippen LogP contribution in [0.25, 0.3) is 22.2 Å². The fraction of sp³-hybridized carbons (Fsp3) is 0.323. The lowest BCUT2D eigenvalue weighted by Gasteiger charge is -2.27. The highest BCUT2D eigenvalue weighted by Gasteiger charge is 2.28. The zero-order valence-electron chi connectivity index (χ0n) is 22.7. The van der Waals surface area contributed by atoms with Gasteiger partial charge in [0.15, 0.2) is 0 Å². The monoisotopic (exact) mass is 537 g/mol. The Balaban J connectivity index is 1.45. The van der Waals surface area contributed by atoms with Gasteiger partial charge in [0.05, 0.1) is 42.0 Å². The van der Waals surface area contributed by atoms with Crippen molar-refractivity contribution in [1.29, 1.82) is 0 Å². The molecule has 2 heterocycles. The molecule has 204 valence electrons. The zero-order chi connectivity index (χ0) is 28.2. The molecule has 2 aromatic heterocycles. The summed E-state index contributed by atoms with van der Waals surface area (Å²) < 4.78 is 7.02. The maximum atomic E-state index is 13.5. The van der Waals surface area contributed by atoms with Crippen molar-refractivity contribution in [3.05, 3.63) is 71.5 Å². The van der Waals surface area contributed by atoms with Crippen LogP contribution in [0.15, 0.2) is 54.9 Å². The molecule has 0 radical (unpaired) electrons. The number of nitrogens with one attached hydrogen (secondary N) is 1. The first-order chi connectivity index (χ1) is 19.4. The first-order valence-corrected chi connectivity index (χ1v) is 13.3. The van der Waals surface area contributed by atoms with Crippen molar-refractivity contribution in [1.82, 2.24) is 25.1 Å². The summed E-state index contributed by atoms with van der Waals surface area (Å²) in [5, 5.41) is 18.0. The molecule has 9 heteroatoms. The molecule has 0 aliphatic heterocycles. The third-order valence-corrected chi connectivity index (χ3v) is 7.55. The van der Waals surface area contributed by atoms with Crippen LogP contribution >= 0.6 is 0 Å². The molecule has 1 atom stereocenters. The Labute approximate surface area is 232 Å². The number of aliphatic carboxylic acids is 1. The Morgan fingerprint density at radius 2 is 1.85 bits per heavy atom. The number of carboxylic acids is 1. The van der Waals surface area contributed by atoms with E-state index in [1.165, 1.54) is 7.11 Å². The highest BCUT2D eigenvalue weighted by atomic mass is 16.5. The molecule has 1 unspecified atom stereocenters. The number of hydrogen-bond acceptors (Lipinski definition) is 6. The fourth-order valence-electron chi connectivity index (χ4n) is 5.31. The minimum Gasteiger partial charge on any atom is -0.481 e. The molecule has 1 amide bonds. The highest BCUT2D eigenvalue weighted by molar-refractivity contribution is 6.07. The maximum Gasteiger partial charge on any atom is 0.316 e. The molecule has 0 spiro atoms. The molecule has 1 aliphatic carbocycles. The Morgan fingerprint density at radius 3 is 2.52 bits per heavy atom. The van der Waals surface area contributed by atoms with Gasteiger partial charge >= 0.3 is 12.0 Å². The summed E-state index contributed by atoms with van der Waals surface area (Å²) >= 11 is 0. The van der Waals surface area contributed by atoms with Gasteiger partial charge in [-0.15, -0.1) is 5.92 Å². The van der Waals surface area contributed by atoms with E-state index in [0.717, 1.165) is 27.8 Å². The second-order valence-corrected chi connectivity index (χ2v) is 9.97. The predicted molar refractivity (Wildman–Crippen MR) is 151 cm³/mol. The Bertz CT molecular complexity index is 1610. The van der Waals surface area contributed by atoms with Crippen molar-refractivity contribution in [3.63, 3.8) is 0 Å². The topological polar surface area (TPSA) is 119 Å². The summed E-state index contributed by atoms with van der Waals surface area (Å²) in [6, 6.07) is 13.6. The van der Waals surface area contributed by atoms with Crippen LogP contribution in [0.3, 0.4) is 0 Å². The number of benzene rings is 2. The molecule has 1 saturated carbocycles. The van der Waals surface area contributed by atoms with Crippen LogP contribution in [0.2, 0.25) is 0 Å². The van der Waals surface area contributed by atoms with Crippen LogP contribution in [-0.2, 0) is 4.79 Å². The standard InChI is InChI=1S/C31H31N5O4/c1-4-5-21-12-15-25(29(37)34-24-13-10-23(11-14-24)30(38)39)28-26(21)18-33-36(28)19(2)20-6-8-22(9-7-20)27-16-17-32-31(35-27)40-3/h6-9,12,15-19,23-24H,10-11,13-14H2,1-3H3,(H,34,37)(H,38,39). The number of carbonyl (C=O) groups is 2. The van der Waals surface area contributed by atoms with E-state index in [9.17, 15) is 14.7 Å². The van der Waals surface area contributed by atoms with Crippen molar-refractivity contribution in [2.45, 2.75) is 51.6 Å². The van der Waals surface area contributed by atoms with E-state index in [0.29, 0.717) is 42.8 Å². The highest BCUT2D eigenvalue weighted by Crippen LogP contribution is 2.30. The Morgan fingerprint density at radius 1 is 1.10 bits per heavy atom. The number of hydrogen-bond donors (Lipinski definition) is 2. The predicted octanol–water partition coefficient (Wildman–Crippen LogP) is 4.86. The quantitative estimate of drug-likeness (QED) is 0.323. The van der Waals surface area contributed by atoms with E-state index in [2.05, 4.69) is 27.1 Å². The van der Waals surface area contributed by atoms with Gasteiger partial charge in [0, 0.05) is 28.8 Å². The van der Waals surface area contributed by atoms with Crippen LogP contribution in [0.5, 0.6) is 6.01 Å². The smallest absolute Gasteiger partial charge is 0.316 e. The van der Waals surface area contributed by atoms with Crippen molar-refractivity contribution >= 4 is 22.8 Å². The molecule has 0 saturated heterocycles. The summed E-state index contributed by atoms with van der Waals surface area (Å²) in [6.45, 7) is 3.82. The van der Waals surface area contributed by atoms with Gasteiger partial charge < -0.3 is 15.2 Å². The normalized spacial score (nSPS) is 17.5. The van der Waals surface area contributed by atoms with Crippen LogP contribution in [0.1, 0.15) is 67.1 Å². The van der Waals surface area contributed by atoms with Gasteiger partial charge in [-0.25, -0.2) is 4.98 Å². The average molecular weight is 538 g/mol. The van der Waals surface area contributed by atoms with E-state index in [-0.39, 0.29) is 23.9 Å². The molecular weight excluding hydrogens is 506 g/mol. The number of carbonyl (C=O) groups excluding carboxylic acids is 1. The minimum atomic E-state index is -0.762. The first-order valence-electron chi connectivity index (χ1n) is 13.3. The largest absolute Gasteiger partial charge is 0.481 e. The molecule has 1 fully saturated rings. The van der Waals surface area contributed by atoms with Gasteiger partial charge in [-0.05, 0) is 63.3 Å². The van der Waals surface area contributed by atoms with Crippen LogP contribution in [0, 0.1) is 17.8 Å². The van der Waals surface area contributed by atoms with E-state index >= 15 is 0 Å². The second-order valence-electron chi connectivity index (χ2n) is 9.97. The van der Waals surface area contributed by atoms with Crippen molar-refractivity contribution in [2.75, 3.05) is 7.11 Å². The van der Waals surface area contributed by atoms with Crippen LogP contribution < -0.4 is 10.1 Å². The summed E-state index contributed by atoms with van der Waals surface area (Å²) in [5.41, 5.74) is 4.75. The molecule has 2 N–H and O–H groups in total. The van der Waals surface area contributed by atoms with Crippen molar-refractivity contribution in [3.8, 4) is 29.1 Å². The molecule has 40 heavy (non-hydrogen) atoms. The number of nitrogens with zero attached hydrogens (tertiary/aromatic N) is 4. The van der Waals surface area contributed by atoms with Gasteiger partial charge in [-0.1, -0.05) is 30.2 Å². The lowest BCUT2D eigenvalue weighted by molar-refractivity contribution is -0.142. The van der Waals surface area contributed by atoms with Crippen molar-refractivity contribution < 1.29 is 19.4 Å².